The van der Waals surface area contributed by atoms with E-state index in [-0.39, 0.29) is 17.7 Å². The Morgan fingerprint density at radius 3 is 2.25 bits per heavy atom. The molecular weight excluding hydrogens is 312 g/mol. The van der Waals surface area contributed by atoms with Crippen LogP contribution >= 0.6 is 0 Å². The van der Waals surface area contributed by atoms with Crippen LogP contribution in [0.25, 0.3) is 0 Å². The summed E-state index contributed by atoms with van der Waals surface area (Å²) in [6.45, 7) is 0. The van der Waals surface area contributed by atoms with Gasteiger partial charge in [-0.05, 0) is 17.7 Å². The summed E-state index contributed by atoms with van der Waals surface area (Å²) in [5.74, 6) is -0.789. The number of carbonyl (C=O) groups excluding carboxylic acids is 1. The molecule has 6 heteroatoms. The first kappa shape index (κ1) is 16.1. The molecule has 0 bridgehead atoms. The summed E-state index contributed by atoms with van der Waals surface area (Å²) in [5.41, 5.74) is 0.958. The Bertz CT molecular complexity index is 768. The number of aliphatic hydroxyl groups is 1. The van der Waals surface area contributed by atoms with Crippen LogP contribution in [0, 0.1) is 0 Å². The fourth-order valence-electron chi connectivity index (χ4n) is 2.71. The van der Waals surface area contributed by atoms with Crippen molar-refractivity contribution in [2.24, 2.45) is 0 Å². The van der Waals surface area contributed by atoms with Gasteiger partial charge in [-0.2, -0.15) is 0 Å². The number of ether oxygens (including phenoxy) is 4. The zero-order valence-corrected chi connectivity index (χ0v) is 13.7. The smallest absolute Gasteiger partial charge is 0.277 e. The van der Waals surface area contributed by atoms with Crippen molar-refractivity contribution < 1.29 is 28.8 Å². The number of hydrogen-bond acceptors (Lipinski definition) is 6. The van der Waals surface area contributed by atoms with E-state index in [1.807, 2.05) is 0 Å². The molecule has 0 fully saturated rings. The normalized spacial score (nSPS) is 18.8. The summed E-state index contributed by atoms with van der Waals surface area (Å²) in [6, 6.07) is 10.2. The molecule has 1 heterocycles. The topological polar surface area (TPSA) is 74.2 Å². The lowest BCUT2D eigenvalue weighted by atomic mass is 9.98. The van der Waals surface area contributed by atoms with E-state index in [2.05, 4.69) is 0 Å². The highest BCUT2D eigenvalue weighted by Crippen LogP contribution is 2.43. The second kappa shape index (κ2) is 6.05. The standard InChI is InChI=1S/C18H18O6/c1-21-12-6-4-11(5-7-12)10-18(20)17(19)16-14(23-3)8-13(22-2)9-15(16)24-18/h4-9,20H,10H2,1-3H3/t18-/m1/s1. The second-order valence-electron chi connectivity index (χ2n) is 5.44. The number of benzene rings is 2. The SMILES string of the molecule is COc1ccc(C[C@@]2(O)Oc3cc(OC)cc(OC)c3C2=O)cc1. The van der Waals surface area contributed by atoms with E-state index in [9.17, 15) is 9.90 Å². The largest absolute Gasteiger partial charge is 0.497 e. The molecule has 0 saturated heterocycles. The molecule has 1 aliphatic rings. The summed E-state index contributed by atoms with van der Waals surface area (Å²) in [4.78, 5) is 12.7. The number of rotatable bonds is 5. The summed E-state index contributed by atoms with van der Waals surface area (Å²) in [7, 11) is 4.52. The van der Waals surface area contributed by atoms with Crippen LogP contribution in [-0.4, -0.2) is 38.0 Å². The molecule has 2 aromatic carbocycles. The first-order valence-corrected chi connectivity index (χ1v) is 7.36. The minimum Gasteiger partial charge on any atom is -0.497 e. The minimum absolute atomic E-state index is 0.00990. The summed E-state index contributed by atoms with van der Waals surface area (Å²) >= 11 is 0. The number of carbonyl (C=O) groups is 1. The molecule has 0 unspecified atom stereocenters. The summed E-state index contributed by atoms with van der Waals surface area (Å²) in [5, 5.41) is 10.7. The first-order valence-electron chi connectivity index (χ1n) is 7.36. The highest BCUT2D eigenvalue weighted by molar-refractivity contribution is 6.08. The quantitative estimate of drug-likeness (QED) is 0.906. The molecule has 0 aromatic heterocycles. The molecule has 24 heavy (non-hydrogen) atoms. The molecule has 2 aromatic rings. The first-order chi connectivity index (χ1) is 11.5. The fourth-order valence-corrected chi connectivity index (χ4v) is 2.71. The van der Waals surface area contributed by atoms with Gasteiger partial charge in [-0.15, -0.1) is 0 Å². The Hall–Kier alpha value is -2.73. The monoisotopic (exact) mass is 330 g/mol. The molecular formula is C18H18O6. The van der Waals surface area contributed by atoms with Crippen LogP contribution in [0.2, 0.25) is 0 Å². The van der Waals surface area contributed by atoms with E-state index in [0.717, 1.165) is 5.56 Å². The van der Waals surface area contributed by atoms with E-state index in [0.29, 0.717) is 17.2 Å². The number of hydrogen-bond donors (Lipinski definition) is 1. The predicted octanol–water partition coefficient (Wildman–Crippen LogP) is 2.22. The van der Waals surface area contributed by atoms with Crippen molar-refractivity contribution in [1.29, 1.82) is 0 Å². The Morgan fingerprint density at radius 1 is 1.00 bits per heavy atom. The third kappa shape index (κ3) is 2.65. The molecule has 126 valence electrons. The van der Waals surface area contributed by atoms with Gasteiger partial charge in [0.25, 0.3) is 5.79 Å². The number of ketones is 1. The lowest BCUT2D eigenvalue weighted by molar-refractivity contribution is -0.0889. The average molecular weight is 330 g/mol. The zero-order valence-electron chi connectivity index (χ0n) is 13.7. The van der Waals surface area contributed by atoms with Crippen molar-refractivity contribution in [2.75, 3.05) is 21.3 Å². The van der Waals surface area contributed by atoms with E-state index in [1.54, 1.807) is 43.5 Å². The van der Waals surface area contributed by atoms with Crippen LogP contribution in [0.3, 0.4) is 0 Å². The van der Waals surface area contributed by atoms with Crippen LogP contribution in [0.1, 0.15) is 15.9 Å². The lowest BCUT2D eigenvalue weighted by Gasteiger charge is -2.20. The Kier molecular flexibility index (Phi) is 4.07. The van der Waals surface area contributed by atoms with E-state index < -0.39 is 11.6 Å². The molecule has 1 N–H and O–H groups in total. The van der Waals surface area contributed by atoms with Crippen molar-refractivity contribution in [3.63, 3.8) is 0 Å². The zero-order chi connectivity index (χ0) is 17.3. The van der Waals surface area contributed by atoms with Gasteiger partial charge in [0, 0.05) is 18.6 Å². The van der Waals surface area contributed by atoms with E-state index in [4.69, 9.17) is 18.9 Å². The maximum absolute atomic E-state index is 12.7. The third-order valence-electron chi connectivity index (χ3n) is 3.96. The van der Waals surface area contributed by atoms with Gasteiger partial charge in [0.05, 0.1) is 21.3 Å². The van der Waals surface area contributed by atoms with Crippen molar-refractivity contribution in [3.05, 3.63) is 47.5 Å². The van der Waals surface area contributed by atoms with Crippen molar-refractivity contribution >= 4 is 5.78 Å². The molecule has 0 radical (unpaired) electrons. The summed E-state index contributed by atoms with van der Waals surface area (Å²) in [6.07, 6.45) is 0.00990. The van der Waals surface area contributed by atoms with Gasteiger partial charge in [-0.25, -0.2) is 0 Å². The molecule has 3 rings (SSSR count). The van der Waals surface area contributed by atoms with Gasteiger partial charge in [0.1, 0.15) is 28.6 Å². The van der Waals surface area contributed by atoms with Crippen molar-refractivity contribution in [2.45, 2.75) is 12.2 Å². The number of Topliss-reactive ketones (excluding diaryl/α,β-unsaturated/α-hetero) is 1. The second-order valence-corrected chi connectivity index (χ2v) is 5.44. The van der Waals surface area contributed by atoms with Crippen LogP contribution in [0.5, 0.6) is 23.0 Å². The Morgan fingerprint density at radius 2 is 1.67 bits per heavy atom. The van der Waals surface area contributed by atoms with E-state index >= 15 is 0 Å². The van der Waals surface area contributed by atoms with Crippen LogP contribution < -0.4 is 18.9 Å². The average Bonchev–Trinajstić information content (AvgIpc) is 2.85. The summed E-state index contributed by atoms with van der Waals surface area (Å²) < 4.78 is 21.1. The molecule has 1 atom stereocenters. The fraction of sp³-hybridized carbons (Fsp3) is 0.278. The Labute approximate surface area is 139 Å². The van der Waals surface area contributed by atoms with Crippen LogP contribution in [0.4, 0.5) is 0 Å². The van der Waals surface area contributed by atoms with Gasteiger partial charge >= 0.3 is 0 Å². The molecule has 6 nitrogen and oxygen atoms in total. The molecule has 0 spiro atoms. The molecule has 1 aliphatic heterocycles. The van der Waals surface area contributed by atoms with Gasteiger partial charge < -0.3 is 24.1 Å². The van der Waals surface area contributed by atoms with Gasteiger partial charge in [0.15, 0.2) is 0 Å². The van der Waals surface area contributed by atoms with Gasteiger partial charge in [-0.3, -0.25) is 4.79 Å². The Balaban J connectivity index is 1.93. The number of methoxy groups -OCH3 is 3. The third-order valence-corrected chi connectivity index (χ3v) is 3.96. The van der Waals surface area contributed by atoms with Crippen molar-refractivity contribution in [3.8, 4) is 23.0 Å². The number of fused-ring (bicyclic) bond motifs is 1. The molecule has 0 amide bonds. The molecule has 0 aliphatic carbocycles. The van der Waals surface area contributed by atoms with Gasteiger partial charge in [0.2, 0.25) is 5.78 Å². The highest BCUT2D eigenvalue weighted by atomic mass is 16.6. The lowest BCUT2D eigenvalue weighted by Crippen LogP contribution is -2.42. The van der Waals surface area contributed by atoms with Crippen molar-refractivity contribution in [1.82, 2.24) is 0 Å². The van der Waals surface area contributed by atoms with Crippen LogP contribution in [-0.2, 0) is 6.42 Å². The minimum atomic E-state index is -1.98. The molecule has 0 saturated carbocycles. The van der Waals surface area contributed by atoms with E-state index in [1.165, 1.54) is 14.2 Å². The maximum Gasteiger partial charge on any atom is 0.277 e. The van der Waals surface area contributed by atoms with Crippen LogP contribution in [0.15, 0.2) is 36.4 Å². The maximum atomic E-state index is 12.7. The predicted molar refractivity (Wildman–Crippen MR) is 86.2 cm³/mol. The van der Waals surface area contributed by atoms with Gasteiger partial charge in [-0.1, -0.05) is 12.1 Å². The highest BCUT2D eigenvalue weighted by Gasteiger charge is 2.48.